The van der Waals surface area contributed by atoms with Gasteiger partial charge in [0.1, 0.15) is 0 Å². The van der Waals surface area contributed by atoms with E-state index in [9.17, 15) is 0 Å². The summed E-state index contributed by atoms with van der Waals surface area (Å²) in [5.41, 5.74) is 0. The Morgan fingerprint density at radius 1 is 1.24 bits per heavy atom. The molecule has 0 bridgehead atoms. The summed E-state index contributed by atoms with van der Waals surface area (Å²) >= 11 is 0. The molecule has 2 unspecified atom stereocenters. The van der Waals surface area contributed by atoms with E-state index in [0.29, 0.717) is 0 Å². The molecular formula is C15H32N2. The third-order valence-corrected chi connectivity index (χ3v) is 3.80. The molecule has 17 heavy (non-hydrogen) atoms. The molecule has 2 nitrogen and oxygen atoms in total. The second-order valence-corrected chi connectivity index (χ2v) is 6.33. The van der Waals surface area contributed by atoms with Gasteiger partial charge in [0.2, 0.25) is 0 Å². The van der Waals surface area contributed by atoms with Gasteiger partial charge in [0.15, 0.2) is 0 Å². The lowest BCUT2D eigenvalue weighted by atomic mass is 9.95. The average molecular weight is 240 g/mol. The summed E-state index contributed by atoms with van der Waals surface area (Å²) in [5, 5.41) is 3.57. The van der Waals surface area contributed by atoms with Gasteiger partial charge < -0.3 is 10.2 Å². The first-order chi connectivity index (χ1) is 8.11. The molecule has 0 spiro atoms. The topological polar surface area (TPSA) is 15.3 Å². The molecule has 0 radical (unpaired) electrons. The van der Waals surface area contributed by atoms with E-state index < -0.39 is 0 Å². The predicted molar refractivity (Wildman–Crippen MR) is 76.3 cm³/mol. The number of hydrogen-bond acceptors (Lipinski definition) is 2. The van der Waals surface area contributed by atoms with Crippen LogP contribution >= 0.6 is 0 Å². The molecule has 0 aromatic heterocycles. The Kier molecular flexibility index (Phi) is 7.14. The van der Waals surface area contributed by atoms with Gasteiger partial charge in [-0.1, -0.05) is 34.1 Å². The van der Waals surface area contributed by atoms with E-state index in [0.717, 1.165) is 24.3 Å². The maximum absolute atomic E-state index is 3.57. The summed E-state index contributed by atoms with van der Waals surface area (Å²) in [6.45, 7) is 15.5. The molecule has 0 aliphatic carbocycles. The van der Waals surface area contributed by atoms with Crippen LogP contribution < -0.4 is 5.32 Å². The Hall–Kier alpha value is -0.0800. The molecule has 0 saturated carbocycles. The van der Waals surface area contributed by atoms with Crippen molar-refractivity contribution < 1.29 is 0 Å². The van der Waals surface area contributed by atoms with Crippen LogP contribution in [0, 0.1) is 17.8 Å². The summed E-state index contributed by atoms with van der Waals surface area (Å²) in [4.78, 5) is 2.68. The van der Waals surface area contributed by atoms with Gasteiger partial charge in [0.05, 0.1) is 0 Å². The van der Waals surface area contributed by atoms with Gasteiger partial charge in [-0.3, -0.25) is 0 Å². The van der Waals surface area contributed by atoms with Crippen molar-refractivity contribution in [2.24, 2.45) is 17.8 Å². The van der Waals surface area contributed by atoms with E-state index in [-0.39, 0.29) is 0 Å². The van der Waals surface area contributed by atoms with Crippen LogP contribution in [-0.4, -0.2) is 37.6 Å². The van der Waals surface area contributed by atoms with Crippen LogP contribution in [0.5, 0.6) is 0 Å². The predicted octanol–water partition coefficient (Wildman–Crippen LogP) is 2.99. The summed E-state index contributed by atoms with van der Waals surface area (Å²) < 4.78 is 0. The second-order valence-electron chi connectivity index (χ2n) is 6.33. The molecule has 0 aromatic carbocycles. The molecule has 102 valence electrons. The van der Waals surface area contributed by atoms with E-state index in [1.807, 2.05) is 0 Å². The SMILES string of the molecule is CCC1CCCN(CC(C)CNCC(C)C)C1. The fourth-order valence-corrected chi connectivity index (χ4v) is 2.77. The number of rotatable bonds is 7. The highest BCUT2D eigenvalue weighted by Gasteiger charge is 2.19. The van der Waals surface area contributed by atoms with Crippen molar-refractivity contribution in [3.63, 3.8) is 0 Å². The minimum absolute atomic E-state index is 0.765. The van der Waals surface area contributed by atoms with Crippen molar-refractivity contribution in [1.29, 1.82) is 0 Å². The van der Waals surface area contributed by atoms with Crippen LogP contribution in [0.25, 0.3) is 0 Å². The van der Waals surface area contributed by atoms with Crippen molar-refractivity contribution in [3.8, 4) is 0 Å². The first-order valence-corrected chi connectivity index (χ1v) is 7.54. The number of hydrogen-bond donors (Lipinski definition) is 1. The molecule has 0 aromatic rings. The summed E-state index contributed by atoms with van der Waals surface area (Å²) in [5.74, 6) is 2.51. The first kappa shape index (κ1) is 15.0. The van der Waals surface area contributed by atoms with Gasteiger partial charge in [0.25, 0.3) is 0 Å². The van der Waals surface area contributed by atoms with Gasteiger partial charge in [-0.25, -0.2) is 0 Å². The normalized spacial score (nSPS) is 24.2. The molecular weight excluding hydrogens is 208 g/mol. The van der Waals surface area contributed by atoms with Crippen molar-refractivity contribution in [3.05, 3.63) is 0 Å². The molecule has 1 aliphatic rings. The maximum Gasteiger partial charge on any atom is 0.00193 e. The highest BCUT2D eigenvalue weighted by Crippen LogP contribution is 2.19. The lowest BCUT2D eigenvalue weighted by Gasteiger charge is -2.34. The maximum atomic E-state index is 3.57. The number of nitrogens with zero attached hydrogens (tertiary/aromatic N) is 1. The zero-order chi connectivity index (χ0) is 12.7. The molecule has 2 atom stereocenters. The van der Waals surface area contributed by atoms with Gasteiger partial charge in [-0.15, -0.1) is 0 Å². The molecule has 1 heterocycles. The first-order valence-electron chi connectivity index (χ1n) is 7.54. The molecule has 0 amide bonds. The summed E-state index contributed by atoms with van der Waals surface area (Å²) in [7, 11) is 0. The molecule has 1 N–H and O–H groups in total. The molecule has 1 fully saturated rings. The Balaban J connectivity index is 2.14. The molecule has 1 rings (SSSR count). The Labute approximate surface area is 108 Å². The summed E-state index contributed by atoms with van der Waals surface area (Å²) in [6, 6.07) is 0. The second kappa shape index (κ2) is 8.10. The largest absolute Gasteiger partial charge is 0.316 e. The minimum atomic E-state index is 0.765. The van der Waals surface area contributed by atoms with Crippen LogP contribution in [-0.2, 0) is 0 Å². The quantitative estimate of drug-likeness (QED) is 0.736. The van der Waals surface area contributed by atoms with E-state index in [2.05, 4.69) is 37.9 Å². The Morgan fingerprint density at radius 3 is 2.65 bits per heavy atom. The standard InChI is InChI=1S/C15H32N2/c1-5-15-7-6-8-17(12-15)11-14(4)10-16-9-13(2)3/h13-16H,5-12H2,1-4H3. The highest BCUT2D eigenvalue weighted by atomic mass is 15.1. The van der Waals surface area contributed by atoms with Crippen molar-refractivity contribution in [1.82, 2.24) is 10.2 Å². The van der Waals surface area contributed by atoms with E-state index in [1.54, 1.807) is 0 Å². The van der Waals surface area contributed by atoms with Crippen LogP contribution in [0.4, 0.5) is 0 Å². The average Bonchev–Trinajstić information content (AvgIpc) is 2.28. The zero-order valence-corrected chi connectivity index (χ0v) is 12.3. The van der Waals surface area contributed by atoms with E-state index >= 15 is 0 Å². The van der Waals surface area contributed by atoms with E-state index in [1.165, 1.54) is 45.4 Å². The van der Waals surface area contributed by atoms with Crippen molar-refractivity contribution >= 4 is 0 Å². The fourth-order valence-electron chi connectivity index (χ4n) is 2.77. The van der Waals surface area contributed by atoms with E-state index in [4.69, 9.17) is 0 Å². The fraction of sp³-hybridized carbons (Fsp3) is 1.00. The Bertz CT molecular complexity index is 191. The van der Waals surface area contributed by atoms with Gasteiger partial charge in [-0.2, -0.15) is 0 Å². The minimum Gasteiger partial charge on any atom is -0.316 e. The van der Waals surface area contributed by atoms with Crippen molar-refractivity contribution in [2.75, 3.05) is 32.7 Å². The van der Waals surface area contributed by atoms with Gasteiger partial charge in [-0.05, 0) is 50.2 Å². The Morgan fingerprint density at radius 2 is 2.00 bits per heavy atom. The van der Waals surface area contributed by atoms with Crippen LogP contribution in [0.3, 0.4) is 0 Å². The third-order valence-electron chi connectivity index (χ3n) is 3.80. The van der Waals surface area contributed by atoms with Crippen LogP contribution in [0.2, 0.25) is 0 Å². The zero-order valence-electron chi connectivity index (χ0n) is 12.3. The van der Waals surface area contributed by atoms with Crippen molar-refractivity contribution in [2.45, 2.75) is 47.0 Å². The van der Waals surface area contributed by atoms with Gasteiger partial charge >= 0.3 is 0 Å². The van der Waals surface area contributed by atoms with Gasteiger partial charge in [0, 0.05) is 13.1 Å². The number of nitrogens with one attached hydrogen (secondary N) is 1. The number of piperidine rings is 1. The molecule has 1 saturated heterocycles. The smallest absolute Gasteiger partial charge is 0.00193 e. The lowest BCUT2D eigenvalue weighted by molar-refractivity contribution is 0.151. The van der Waals surface area contributed by atoms with Crippen LogP contribution in [0.1, 0.15) is 47.0 Å². The van der Waals surface area contributed by atoms with Crippen LogP contribution in [0.15, 0.2) is 0 Å². The third kappa shape index (κ3) is 6.42. The monoisotopic (exact) mass is 240 g/mol. The summed E-state index contributed by atoms with van der Waals surface area (Å²) in [6.07, 6.45) is 4.22. The molecule has 2 heteroatoms. The number of likely N-dealkylation sites (tertiary alicyclic amines) is 1. The highest BCUT2D eigenvalue weighted by molar-refractivity contribution is 4.74. The lowest BCUT2D eigenvalue weighted by Crippen LogP contribution is -2.40. The molecule has 1 aliphatic heterocycles.